The molecular formula is C19H17BrClN3O. The number of carbonyl (C=O) groups excluding carboxylic acids is 1. The molecular weight excluding hydrogens is 402 g/mol. The number of rotatable bonds is 4. The Morgan fingerprint density at radius 2 is 1.96 bits per heavy atom. The van der Waals surface area contributed by atoms with Crippen LogP contribution in [-0.2, 0) is 6.54 Å². The van der Waals surface area contributed by atoms with Gasteiger partial charge in [0, 0.05) is 16.8 Å². The third-order valence-corrected chi connectivity index (χ3v) is 4.96. The minimum atomic E-state index is -0.188. The largest absolute Gasteiger partial charge is 0.304 e. The summed E-state index contributed by atoms with van der Waals surface area (Å²) >= 11 is 9.64. The lowest BCUT2D eigenvalue weighted by molar-refractivity contribution is 0.102. The van der Waals surface area contributed by atoms with Gasteiger partial charge in [-0.25, -0.2) is 0 Å². The van der Waals surface area contributed by atoms with E-state index in [1.165, 1.54) is 0 Å². The number of aromatic nitrogens is 2. The van der Waals surface area contributed by atoms with Crippen LogP contribution in [-0.4, -0.2) is 15.7 Å². The van der Waals surface area contributed by atoms with Crippen molar-refractivity contribution in [1.29, 1.82) is 0 Å². The van der Waals surface area contributed by atoms with Gasteiger partial charge in [-0.2, -0.15) is 5.10 Å². The number of anilines is 1. The predicted octanol–water partition coefficient (Wildman–Crippen LogP) is 5.22. The summed E-state index contributed by atoms with van der Waals surface area (Å²) in [6, 6.07) is 13.2. The van der Waals surface area contributed by atoms with Gasteiger partial charge in [-0.05, 0) is 64.7 Å². The topological polar surface area (TPSA) is 46.9 Å². The van der Waals surface area contributed by atoms with Gasteiger partial charge in [-0.15, -0.1) is 0 Å². The molecule has 3 rings (SSSR count). The quantitative estimate of drug-likeness (QED) is 0.631. The van der Waals surface area contributed by atoms with Crippen LogP contribution in [0.2, 0.25) is 5.02 Å². The number of carbonyl (C=O) groups is 1. The molecule has 0 aliphatic rings. The van der Waals surface area contributed by atoms with Crippen LogP contribution < -0.4 is 5.32 Å². The van der Waals surface area contributed by atoms with Crippen LogP contribution >= 0.6 is 27.5 Å². The Balaban J connectivity index is 1.77. The van der Waals surface area contributed by atoms with Crippen molar-refractivity contribution in [2.24, 2.45) is 0 Å². The summed E-state index contributed by atoms with van der Waals surface area (Å²) in [6.45, 7) is 4.53. The van der Waals surface area contributed by atoms with Gasteiger partial charge in [0.15, 0.2) is 5.82 Å². The average molecular weight is 419 g/mol. The zero-order valence-corrected chi connectivity index (χ0v) is 16.2. The van der Waals surface area contributed by atoms with Crippen LogP contribution in [0.1, 0.15) is 27.0 Å². The van der Waals surface area contributed by atoms with Crippen molar-refractivity contribution >= 4 is 39.3 Å². The highest BCUT2D eigenvalue weighted by atomic mass is 79.9. The normalized spacial score (nSPS) is 10.7. The first kappa shape index (κ1) is 17.7. The number of hydrogen-bond acceptors (Lipinski definition) is 2. The Bertz CT molecular complexity index is 936. The number of amides is 1. The SMILES string of the molecule is Cc1ccc(C(=O)Nc2nn(Cc3ccccc3Cl)cc2Br)cc1C. The van der Waals surface area contributed by atoms with E-state index in [0.717, 1.165) is 21.2 Å². The molecule has 0 spiro atoms. The Labute approximate surface area is 159 Å². The summed E-state index contributed by atoms with van der Waals surface area (Å²) in [4.78, 5) is 12.4. The van der Waals surface area contributed by atoms with E-state index >= 15 is 0 Å². The summed E-state index contributed by atoms with van der Waals surface area (Å²) < 4.78 is 2.46. The molecule has 25 heavy (non-hydrogen) atoms. The van der Waals surface area contributed by atoms with Gasteiger partial charge < -0.3 is 5.32 Å². The van der Waals surface area contributed by atoms with Crippen LogP contribution in [0, 0.1) is 13.8 Å². The molecule has 1 amide bonds. The molecule has 0 unspecified atom stereocenters. The molecule has 0 saturated heterocycles. The zero-order valence-electron chi connectivity index (χ0n) is 13.9. The van der Waals surface area contributed by atoms with E-state index in [4.69, 9.17) is 11.6 Å². The van der Waals surface area contributed by atoms with Gasteiger partial charge in [0.25, 0.3) is 5.91 Å². The fourth-order valence-corrected chi connectivity index (χ4v) is 3.04. The maximum absolute atomic E-state index is 12.4. The van der Waals surface area contributed by atoms with Crippen LogP contribution in [0.4, 0.5) is 5.82 Å². The monoisotopic (exact) mass is 417 g/mol. The lowest BCUT2D eigenvalue weighted by Crippen LogP contribution is -2.13. The predicted molar refractivity (Wildman–Crippen MR) is 104 cm³/mol. The first-order valence-corrected chi connectivity index (χ1v) is 8.96. The summed E-state index contributed by atoms with van der Waals surface area (Å²) in [5.41, 5.74) is 3.81. The van der Waals surface area contributed by atoms with E-state index in [1.54, 1.807) is 4.68 Å². The van der Waals surface area contributed by atoms with E-state index in [-0.39, 0.29) is 5.91 Å². The van der Waals surface area contributed by atoms with Crippen molar-refractivity contribution in [3.63, 3.8) is 0 Å². The molecule has 0 fully saturated rings. The summed E-state index contributed by atoms with van der Waals surface area (Å²) in [5.74, 6) is 0.294. The Hall–Kier alpha value is -2.11. The van der Waals surface area contributed by atoms with Gasteiger partial charge in [0.05, 0.1) is 11.0 Å². The molecule has 0 aliphatic heterocycles. The highest BCUT2D eigenvalue weighted by Crippen LogP contribution is 2.23. The average Bonchev–Trinajstić information content (AvgIpc) is 2.91. The molecule has 6 heteroatoms. The van der Waals surface area contributed by atoms with Gasteiger partial charge in [0.2, 0.25) is 0 Å². The number of nitrogens with one attached hydrogen (secondary N) is 1. The molecule has 2 aromatic carbocycles. The molecule has 3 aromatic rings. The maximum Gasteiger partial charge on any atom is 0.256 e. The molecule has 0 radical (unpaired) electrons. The first-order valence-electron chi connectivity index (χ1n) is 7.79. The second-order valence-corrected chi connectivity index (χ2v) is 7.13. The Morgan fingerprint density at radius 1 is 1.20 bits per heavy atom. The third kappa shape index (κ3) is 4.11. The minimum absolute atomic E-state index is 0.188. The molecule has 0 aliphatic carbocycles. The molecule has 0 bridgehead atoms. The first-order chi connectivity index (χ1) is 11.9. The van der Waals surface area contributed by atoms with Crippen molar-refractivity contribution < 1.29 is 4.79 Å². The van der Waals surface area contributed by atoms with E-state index in [9.17, 15) is 4.79 Å². The number of hydrogen-bond donors (Lipinski definition) is 1. The van der Waals surface area contributed by atoms with Gasteiger partial charge >= 0.3 is 0 Å². The molecule has 128 valence electrons. The highest BCUT2D eigenvalue weighted by molar-refractivity contribution is 9.10. The fourth-order valence-electron chi connectivity index (χ4n) is 2.43. The van der Waals surface area contributed by atoms with E-state index in [1.807, 2.05) is 62.5 Å². The molecule has 1 aromatic heterocycles. The van der Waals surface area contributed by atoms with Crippen LogP contribution in [0.3, 0.4) is 0 Å². The lowest BCUT2D eigenvalue weighted by Gasteiger charge is -2.06. The highest BCUT2D eigenvalue weighted by Gasteiger charge is 2.13. The molecule has 0 atom stereocenters. The molecule has 4 nitrogen and oxygen atoms in total. The van der Waals surface area contributed by atoms with Gasteiger partial charge in [-0.1, -0.05) is 35.9 Å². The molecule has 0 saturated carbocycles. The van der Waals surface area contributed by atoms with E-state index in [2.05, 4.69) is 26.3 Å². The second kappa shape index (κ2) is 7.42. The maximum atomic E-state index is 12.4. The molecule has 1 N–H and O–H groups in total. The summed E-state index contributed by atoms with van der Waals surface area (Å²) in [6.07, 6.45) is 1.82. The number of aryl methyl sites for hydroxylation is 2. The van der Waals surface area contributed by atoms with Crippen molar-refractivity contribution in [2.45, 2.75) is 20.4 Å². The smallest absolute Gasteiger partial charge is 0.256 e. The van der Waals surface area contributed by atoms with E-state index in [0.29, 0.717) is 22.9 Å². The number of benzene rings is 2. The van der Waals surface area contributed by atoms with Crippen LogP contribution in [0.15, 0.2) is 53.1 Å². The third-order valence-electron chi connectivity index (χ3n) is 4.01. The van der Waals surface area contributed by atoms with Crippen molar-refractivity contribution in [3.8, 4) is 0 Å². The molecule has 1 heterocycles. The van der Waals surface area contributed by atoms with Crippen molar-refractivity contribution in [1.82, 2.24) is 9.78 Å². The summed E-state index contributed by atoms with van der Waals surface area (Å²) in [5, 5.41) is 7.96. The van der Waals surface area contributed by atoms with Gasteiger partial charge in [0.1, 0.15) is 0 Å². The number of halogens is 2. The van der Waals surface area contributed by atoms with Gasteiger partial charge in [-0.3, -0.25) is 9.48 Å². The minimum Gasteiger partial charge on any atom is -0.304 e. The number of nitrogens with zero attached hydrogens (tertiary/aromatic N) is 2. The van der Waals surface area contributed by atoms with Crippen LogP contribution in [0.5, 0.6) is 0 Å². The zero-order chi connectivity index (χ0) is 18.0. The van der Waals surface area contributed by atoms with Crippen LogP contribution in [0.25, 0.3) is 0 Å². The second-order valence-electron chi connectivity index (χ2n) is 5.87. The van der Waals surface area contributed by atoms with Crippen molar-refractivity contribution in [3.05, 3.63) is 80.4 Å². The summed E-state index contributed by atoms with van der Waals surface area (Å²) in [7, 11) is 0. The van der Waals surface area contributed by atoms with Crippen molar-refractivity contribution in [2.75, 3.05) is 5.32 Å². The van der Waals surface area contributed by atoms with E-state index < -0.39 is 0 Å². The fraction of sp³-hybridized carbons (Fsp3) is 0.158. The Kier molecular flexibility index (Phi) is 5.25. The standard InChI is InChI=1S/C19H17BrClN3O/c1-12-7-8-14(9-13(12)2)19(25)22-18-16(20)11-24(23-18)10-15-5-3-4-6-17(15)21/h3-9,11H,10H2,1-2H3,(H,22,23,25). The Morgan fingerprint density at radius 3 is 2.68 bits per heavy atom. The lowest BCUT2D eigenvalue weighted by atomic mass is 10.1.